The molecular weight excluding hydrogens is 288 g/mol. The highest BCUT2D eigenvalue weighted by Crippen LogP contribution is 2.23. The Morgan fingerprint density at radius 3 is 2.57 bits per heavy atom. The van der Waals surface area contributed by atoms with Crippen LogP contribution in [0.4, 0.5) is 4.79 Å². The molecular formula is C19H26N2O2. The van der Waals surface area contributed by atoms with Crippen molar-refractivity contribution >= 4 is 16.9 Å². The lowest BCUT2D eigenvalue weighted by Gasteiger charge is -2.20. The van der Waals surface area contributed by atoms with Crippen molar-refractivity contribution in [2.45, 2.75) is 39.3 Å². The number of fused-ring (bicyclic) bond motifs is 1. The van der Waals surface area contributed by atoms with Gasteiger partial charge in [0.25, 0.3) is 0 Å². The Hall–Kier alpha value is -2.07. The molecule has 2 rings (SSSR count). The van der Waals surface area contributed by atoms with E-state index in [1.165, 1.54) is 16.3 Å². The van der Waals surface area contributed by atoms with E-state index in [1.807, 2.05) is 26.8 Å². The maximum Gasteiger partial charge on any atom is 0.407 e. The lowest BCUT2D eigenvalue weighted by atomic mass is 10.00. The van der Waals surface area contributed by atoms with Gasteiger partial charge in [0.2, 0.25) is 0 Å². The van der Waals surface area contributed by atoms with Crippen molar-refractivity contribution in [2.75, 3.05) is 13.2 Å². The molecule has 0 fully saturated rings. The van der Waals surface area contributed by atoms with E-state index in [0.29, 0.717) is 13.2 Å². The van der Waals surface area contributed by atoms with E-state index in [0.717, 1.165) is 0 Å². The predicted octanol–water partition coefficient (Wildman–Crippen LogP) is 4.02. The van der Waals surface area contributed by atoms with E-state index in [9.17, 15) is 4.79 Å². The summed E-state index contributed by atoms with van der Waals surface area (Å²) in [5, 5.41) is 8.67. The van der Waals surface area contributed by atoms with Gasteiger partial charge in [-0.15, -0.1) is 0 Å². The van der Waals surface area contributed by atoms with Gasteiger partial charge in [0, 0.05) is 18.1 Å². The van der Waals surface area contributed by atoms with Crippen molar-refractivity contribution in [3.05, 3.63) is 48.0 Å². The molecule has 0 aliphatic heterocycles. The Bertz CT molecular complexity index is 656. The Labute approximate surface area is 138 Å². The molecule has 0 saturated heterocycles. The fraction of sp³-hybridized carbons (Fsp3) is 0.421. The molecule has 4 nitrogen and oxygen atoms in total. The topological polar surface area (TPSA) is 50.4 Å². The van der Waals surface area contributed by atoms with Crippen LogP contribution in [0.15, 0.2) is 42.5 Å². The number of hydrogen-bond acceptors (Lipinski definition) is 3. The van der Waals surface area contributed by atoms with Crippen LogP contribution in [0.1, 0.15) is 39.3 Å². The Morgan fingerprint density at radius 1 is 1.13 bits per heavy atom. The van der Waals surface area contributed by atoms with Gasteiger partial charge in [-0.1, -0.05) is 42.5 Å². The highest BCUT2D eigenvalue weighted by Gasteiger charge is 2.14. The molecule has 2 aromatic rings. The van der Waals surface area contributed by atoms with Crippen molar-refractivity contribution in [3.8, 4) is 0 Å². The standard InChI is InChI=1S/C19H26N2O2/c1-14(20-12-13-23-18(22)21-19(2,3)4)16-11-7-9-15-8-5-6-10-17(15)16/h5-11,14,20H,12-13H2,1-4H3,(H,21,22). The number of rotatable bonds is 5. The number of alkyl carbamates (subject to hydrolysis) is 1. The molecule has 1 amide bonds. The minimum atomic E-state index is -0.378. The Balaban J connectivity index is 1.85. The number of ether oxygens (including phenoxy) is 1. The van der Waals surface area contributed by atoms with Crippen LogP contribution in [0.25, 0.3) is 10.8 Å². The third-order valence-corrected chi connectivity index (χ3v) is 3.55. The zero-order valence-electron chi connectivity index (χ0n) is 14.3. The molecule has 23 heavy (non-hydrogen) atoms. The predicted molar refractivity (Wildman–Crippen MR) is 94.6 cm³/mol. The largest absolute Gasteiger partial charge is 0.448 e. The van der Waals surface area contributed by atoms with Crippen LogP contribution in [0.2, 0.25) is 0 Å². The lowest BCUT2D eigenvalue weighted by Crippen LogP contribution is -2.41. The summed E-state index contributed by atoms with van der Waals surface area (Å²) >= 11 is 0. The summed E-state index contributed by atoms with van der Waals surface area (Å²) in [5.74, 6) is 0. The minimum Gasteiger partial charge on any atom is -0.448 e. The second-order valence-corrected chi connectivity index (χ2v) is 6.76. The van der Waals surface area contributed by atoms with Gasteiger partial charge in [-0.2, -0.15) is 0 Å². The van der Waals surface area contributed by atoms with E-state index in [2.05, 4.69) is 54.0 Å². The van der Waals surface area contributed by atoms with Crippen molar-refractivity contribution in [1.29, 1.82) is 0 Å². The summed E-state index contributed by atoms with van der Waals surface area (Å²) < 4.78 is 5.18. The second kappa shape index (κ2) is 7.47. The van der Waals surface area contributed by atoms with E-state index in [1.54, 1.807) is 0 Å². The average molecular weight is 314 g/mol. The molecule has 2 aromatic carbocycles. The fourth-order valence-corrected chi connectivity index (χ4v) is 2.50. The molecule has 0 radical (unpaired) electrons. The van der Waals surface area contributed by atoms with Gasteiger partial charge in [-0.05, 0) is 44.0 Å². The zero-order chi connectivity index (χ0) is 16.9. The average Bonchev–Trinajstić information content (AvgIpc) is 2.49. The lowest BCUT2D eigenvalue weighted by molar-refractivity contribution is 0.137. The first-order chi connectivity index (χ1) is 10.9. The first-order valence-corrected chi connectivity index (χ1v) is 8.03. The summed E-state index contributed by atoms with van der Waals surface area (Å²) in [6.45, 7) is 8.86. The number of carbonyl (C=O) groups is 1. The van der Waals surface area contributed by atoms with Crippen molar-refractivity contribution < 1.29 is 9.53 Å². The maximum absolute atomic E-state index is 11.6. The molecule has 0 spiro atoms. The second-order valence-electron chi connectivity index (χ2n) is 6.76. The molecule has 0 heterocycles. The SMILES string of the molecule is CC(NCCOC(=O)NC(C)(C)C)c1cccc2ccccc12. The molecule has 0 saturated carbocycles. The number of benzene rings is 2. The third-order valence-electron chi connectivity index (χ3n) is 3.55. The highest BCUT2D eigenvalue weighted by molar-refractivity contribution is 5.86. The first kappa shape index (κ1) is 17.3. The Kier molecular flexibility index (Phi) is 5.61. The summed E-state index contributed by atoms with van der Waals surface area (Å²) in [6.07, 6.45) is -0.378. The van der Waals surface area contributed by atoms with Crippen LogP contribution in [-0.4, -0.2) is 24.8 Å². The molecule has 1 unspecified atom stereocenters. The van der Waals surface area contributed by atoms with Crippen LogP contribution >= 0.6 is 0 Å². The van der Waals surface area contributed by atoms with E-state index < -0.39 is 0 Å². The van der Waals surface area contributed by atoms with Gasteiger partial charge in [-0.3, -0.25) is 0 Å². The van der Waals surface area contributed by atoms with Crippen LogP contribution in [0.3, 0.4) is 0 Å². The Morgan fingerprint density at radius 2 is 1.83 bits per heavy atom. The van der Waals surface area contributed by atoms with E-state index in [-0.39, 0.29) is 17.7 Å². The molecule has 2 N–H and O–H groups in total. The number of hydrogen-bond donors (Lipinski definition) is 2. The van der Waals surface area contributed by atoms with Gasteiger partial charge in [-0.25, -0.2) is 4.79 Å². The molecule has 4 heteroatoms. The summed E-state index contributed by atoms with van der Waals surface area (Å²) in [7, 11) is 0. The van der Waals surface area contributed by atoms with Gasteiger partial charge in [0.15, 0.2) is 0 Å². The zero-order valence-corrected chi connectivity index (χ0v) is 14.3. The van der Waals surface area contributed by atoms with Crippen LogP contribution in [0.5, 0.6) is 0 Å². The molecule has 0 aliphatic rings. The van der Waals surface area contributed by atoms with Crippen molar-refractivity contribution in [3.63, 3.8) is 0 Å². The van der Waals surface area contributed by atoms with E-state index >= 15 is 0 Å². The third kappa shape index (κ3) is 5.25. The quantitative estimate of drug-likeness (QED) is 0.820. The number of carbonyl (C=O) groups excluding carboxylic acids is 1. The molecule has 0 bridgehead atoms. The normalized spacial score (nSPS) is 12.9. The van der Waals surface area contributed by atoms with Crippen molar-refractivity contribution in [2.24, 2.45) is 0 Å². The highest BCUT2D eigenvalue weighted by atomic mass is 16.5. The monoisotopic (exact) mass is 314 g/mol. The van der Waals surface area contributed by atoms with Crippen LogP contribution < -0.4 is 10.6 Å². The molecule has 124 valence electrons. The van der Waals surface area contributed by atoms with Crippen LogP contribution in [-0.2, 0) is 4.74 Å². The minimum absolute atomic E-state index is 0.190. The van der Waals surface area contributed by atoms with Crippen LogP contribution in [0, 0.1) is 0 Å². The van der Waals surface area contributed by atoms with Crippen molar-refractivity contribution in [1.82, 2.24) is 10.6 Å². The smallest absolute Gasteiger partial charge is 0.407 e. The van der Waals surface area contributed by atoms with Gasteiger partial charge in [0.1, 0.15) is 6.61 Å². The molecule has 1 atom stereocenters. The van der Waals surface area contributed by atoms with Gasteiger partial charge >= 0.3 is 6.09 Å². The van der Waals surface area contributed by atoms with E-state index in [4.69, 9.17) is 4.74 Å². The summed E-state index contributed by atoms with van der Waals surface area (Å²) in [4.78, 5) is 11.6. The van der Waals surface area contributed by atoms with Gasteiger partial charge < -0.3 is 15.4 Å². The maximum atomic E-state index is 11.6. The fourth-order valence-electron chi connectivity index (χ4n) is 2.50. The van der Waals surface area contributed by atoms with Gasteiger partial charge in [0.05, 0.1) is 0 Å². The number of amides is 1. The number of nitrogens with one attached hydrogen (secondary N) is 2. The molecule has 0 aliphatic carbocycles. The molecule has 0 aromatic heterocycles. The summed E-state index contributed by atoms with van der Waals surface area (Å²) in [5.41, 5.74) is 0.975. The summed E-state index contributed by atoms with van der Waals surface area (Å²) in [6, 6.07) is 14.9. The first-order valence-electron chi connectivity index (χ1n) is 8.03.